The van der Waals surface area contributed by atoms with Crippen molar-refractivity contribution < 1.29 is 19.1 Å². The van der Waals surface area contributed by atoms with Gasteiger partial charge in [0.15, 0.2) is 6.10 Å². The Bertz CT molecular complexity index is 691. The van der Waals surface area contributed by atoms with Crippen LogP contribution >= 0.6 is 23.2 Å². The van der Waals surface area contributed by atoms with E-state index < -0.39 is 18.0 Å². The summed E-state index contributed by atoms with van der Waals surface area (Å²) in [5.74, 6) is -1.60. The van der Waals surface area contributed by atoms with Crippen LogP contribution < -0.4 is 10.7 Å². The van der Waals surface area contributed by atoms with Crippen LogP contribution in [0.1, 0.15) is 19.8 Å². The molecule has 7 nitrogen and oxygen atoms in total. The number of anilines is 1. The van der Waals surface area contributed by atoms with Crippen molar-refractivity contribution in [2.24, 2.45) is 5.10 Å². The Kier molecular flexibility index (Phi) is 5.57. The fourth-order valence-electron chi connectivity index (χ4n) is 1.74. The van der Waals surface area contributed by atoms with Gasteiger partial charge in [-0.2, -0.15) is 5.10 Å². The third kappa shape index (κ3) is 4.43. The van der Waals surface area contributed by atoms with Gasteiger partial charge in [0.2, 0.25) is 5.91 Å². The predicted molar refractivity (Wildman–Crippen MR) is 85.5 cm³/mol. The molecule has 1 aliphatic rings. The number of rotatable bonds is 4. The quantitative estimate of drug-likeness (QED) is 0.806. The van der Waals surface area contributed by atoms with Crippen molar-refractivity contribution in [3.8, 4) is 0 Å². The first-order chi connectivity index (χ1) is 10.9. The van der Waals surface area contributed by atoms with Crippen molar-refractivity contribution in [3.63, 3.8) is 0 Å². The second-order valence-corrected chi connectivity index (χ2v) is 5.52. The highest BCUT2D eigenvalue weighted by molar-refractivity contribution is 6.44. The number of esters is 1. The zero-order valence-corrected chi connectivity index (χ0v) is 13.6. The van der Waals surface area contributed by atoms with Crippen LogP contribution in [0.2, 0.25) is 10.0 Å². The van der Waals surface area contributed by atoms with E-state index in [1.54, 1.807) is 18.2 Å². The number of carbonyl (C=O) groups is 3. The van der Waals surface area contributed by atoms with Gasteiger partial charge in [-0.1, -0.05) is 29.3 Å². The molecule has 2 amide bonds. The van der Waals surface area contributed by atoms with E-state index in [1.165, 1.54) is 6.92 Å². The molecular weight excluding hydrogens is 345 g/mol. The molecule has 1 aliphatic heterocycles. The number of halogens is 2. The van der Waals surface area contributed by atoms with Crippen LogP contribution in [0.5, 0.6) is 0 Å². The summed E-state index contributed by atoms with van der Waals surface area (Å²) in [6, 6.07) is 4.78. The number of carbonyl (C=O) groups excluding carboxylic acids is 3. The van der Waals surface area contributed by atoms with Crippen molar-refractivity contribution in [1.82, 2.24) is 5.43 Å². The standard InChI is InChI=1S/C14H13Cl2N3O4/c1-7(23-14(22)10-5-6-11(20)19-18-10)13(21)17-9-4-2-3-8(15)12(9)16/h2-4,7H,5-6H2,1H3,(H,17,21)(H,19,20). The highest BCUT2D eigenvalue weighted by Crippen LogP contribution is 2.29. The molecule has 0 fully saturated rings. The lowest BCUT2D eigenvalue weighted by molar-refractivity contribution is -0.146. The molecule has 0 bridgehead atoms. The average Bonchev–Trinajstić information content (AvgIpc) is 2.52. The second-order valence-electron chi connectivity index (χ2n) is 4.73. The second kappa shape index (κ2) is 7.43. The maximum Gasteiger partial charge on any atom is 0.355 e. The minimum atomic E-state index is -1.07. The maximum atomic E-state index is 12.0. The summed E-state index contributed by atoms with van der Waals surface area (Å²) in [6.07, 6.45) is -0.760. The first-order valence-electron chi connectivity index (χ1n) is 6.69. The third-order valence-corrected chi connectivity index (χ3v) is 3.82. The van der Waals surface area contributed by atoms with Crippen LogP contribution in [-0.4, -0.2) is 29.6 Å². The number of hydrogen-bond acceptors (Lipinski definition) is 5. The Morgan fingerprint density at radius 2 is 2.09 bits per heavy atom. The molecule has 0 saturated carbocycles. The molecule has 1 aromatic carbocycles. The van der Waals surface area contributed by atoms with Gasteiger partial charge in [0.1, 0.15) is 5.71 Å². The molecule has 0 spiro atoms. The van der Waals surface area contributed by atoms with Crippen LogP contribution in [0.15, 0.2) is 23.3 Å². The Morgan fingerprint density at radius 1 is 1.35 bits per heavy atom. The highest BCUT2D eigenvalue weighted by atomic mass is 35.5. The topological polar surface area (TPSA) is 96.9 Å². The van der Waals surface area contributed by atoms with E-state index in [2.05, 4.69) is 15.8 Å². The van der Waals surface area contributed by atoms with E-state index in [1.807, 2.05) is 0 Å². The average molecular weight is 358 g/mol. The van der Waals surface area contributed by atoms with Crippen molar-refractivity contribution in [2.45, 2.75) is 25.9 Å². The minimum absolute atomic E-state index is 0.0602. The van der Waals surface area contributed by atoms with Crippen LogP contribution in [0.3, 0.4) is 0 Å². The zero-order chi connectivity index (χ0) is 17.0. The third-order valence-electron chi connectivity index (χ3n) is 3.00. The number of benzene rings is 1. The monoisotopic (exact) mass is 357 g/mol. The van der Waals surface area contributed by atoms with Gasteiger partial charge in [0, 0.05) is 12.8 Å². The molecule has 2 rings (SSSR count). The molecule has 122 valence electrons. The molecule has 0 saturated heterocycles. The van der Waals surface area contributed by atoms with Gasteiger partial charge >= 0.3 is 5.97 Å². The van der Waals surface area contributed by atoms with E-state index in [9.17, 15) is 14.4 Å². The van der Waals surface area contributed by atoms with E-state index in [0.717, 1.165) is 0 Å². The Morgan fingerprint density at radius 3 is 2.74 bits per heavy atom. The fourth-order valence-corrected chi connectivity index (χ4v) is 2.09. The molecule has 1 heterocycles. The SMILES string of the molecule is CC(OC(=O)C1=NNC(=O)CC1)C(=O)Nc1cccc(Cl)c1Cl. The maximum absolute atomic E-state index is 12.0. The summed E-state index contributed by atoms with van der Waals surface area (Å²) in [5.41, 5.74) is 2.56. The number of hydrazone groups is 1. The number of nitrogens with one attached hydrogen (secondary N) is 2. The lowest BCUT2D eigenvalue weighted by Crippen LogP contribution is -2.35. The summed E-state index contributed by atoms with van der Waals surface area (Å²) in [6.45, 7) is 1.41. The van der Waals surface area contributed by atoms with Crippen molar-refractivity contribution in [2.75, 3.05) is 5.32 Å². The van der Waals surface area contributed by atoms with Crippen molar-refractivity contribution in [3.05, 3.63) is 28.2 Å². The lowest BCUT2D eigenvalue weighted by Gasteiger charge is -2.16. The van der Waals surface area contributed by atoms with Gasteiger partial charge in [-0.05, 0) is 19.1 Å². The van der Waals surface area contributed by atoms with E-state index in [-0.39, 0.29) is 29.5 Å². The zero-order valence-electron chi connectivity index (χ0n) is 12.1. The van der Waals surface area contributed by atoms with Gasteiger partial charge in [0.25, 0.3) is 5.91 Å². The molecule has 0 aliphatic carbocycles. The predicted octanol–water partition coefficient (Wildman–Crippen LogP) is 2.13. The summed E-state index contributed by atoms with van der Waals surface area (Å²) >= 11 is 11.8. The molecule has 2 N–H and O–H groups in total. The van der Waals surface area contributed by atoms with Gasteiger partial charge in [-0.25, -0.2) is 10.2 Å². The van der Waals surface area contributed by atoms with Crippen LogP contribution in [-0.2, 0) is 19.1 Å². The number of nitrogens with zero attached hydrogens (tertiary/aromatic N) is 1. The van der Waals surface area contributed by atoms with E-state index >= 15 is 0 Å². The summed E-state index contributed by atoms with van der Waals surface area (Å²) in [5, 5.41) is 6.62. The van der Waals surface area contributed by atoms with Gasteiger partial charge in [-0.3, -0.25) is 9.59 Å². The normalized spacial score (nSPS) is 15.3. The van der Waals surface area contributed by atoms with Crippen molar-refractivity contribution in [1.29, 1.82) is 0 Å². The van der Waals surface area contributed by atoms with Gasteiger partial charge < -0.3 is 10.1 Å². The van der Waals surface area contributed by atoms with Gasteiger partial charge in [-0.15, -0.1) is 0 Å². The first kappa shape index (κ1) is 17.2. The highest BCUT2D eigenvalue weighted by Gasteiger charge is 2.24. The smallest absolute Gasteiger partial charge is 0.355 e. The Labute approximate surface area is 142 Å². The first-order valence-corrected chi connectivity index (χ1v) is 7.45. The Hall–Kier alpha value is -2.12. The minimum Gasteiger partial charge on any atom is -0.448 e. The summed E-state index contributed by atoms with van der Waals surface area (Å²) in [7, 11) is 0. The molecule has 1 unspecified atom stereocenters. The molecule has 0 radical (unpaired) electrons. The molecule has 9 heteroatoms. The molecule has 1 atom stereocenters. The van der Waals surface area contributed by atoms with Crippen LogP contribution in [0, 0.1) is 0 Å². The molecule has 0 aromatic heterocycles. The largest absolute Gasteiger partial charge is 0.448 e. The number of ether oxygens (including phenoxy) is 1. The fraction of sp³-hybridized carbons (Fsp3) is 0.286. The lowest BCUT2D eigenvalue weighted by atomic mass is 10.2. The summed E-state index contributed by atoms with van der Waals surface area (Å²) in [4.78, 5) is 34.9. The van der Waals surface area contributed by atoms with Crippen LogP contribution in [0.4, 0.5) is 5.69 Å². The number of amides is 2. The molecular formula is C14H13Cl2N3O4. The Balaban J connectivity index is 1.96. The van der Waals surface area contributed by atoms with Crippen LogP contribution in [0.25, 0.3) is 0 Å². The summed E-state index contributed by atoms with van der Waals surface area (Å²) < 4.78 is 5.02. The van der Waals surface area contributed by atoms with Crippen molar-refractivity contribution >= 4 is 52.4 Å². The van der Waals surface area contributed by atoms with E-state index in [0.29, 0.717) is 10.7 Å². The molecule has 1 aromatic rings. The van der Waals surface area contributed by atoms with E-state index in [4.69, 9.17) is 27.9 Å². The molecule has 23 heavy (non-hydrogen) atoms. The number of hydrogen-bond donors (Lipinski definition) is 2. The van der Waals surface area contributed by atoms with Gasteiger partial charge in [0.05, 0.1) is 15.7 Å².